The van der Waals surface area contributed by atoms with Gasteiger partial charge in [0.2, 0.25) is 0 Å². The van der Waals surface area contributed by atoms with Gasteiger partial charge in [-0.15, -0.1) is 0 Å². The van der Waals surface area contributed by atoms with Gasteiger partial charge in [0.05, 0.1) is 104 Å². The molecule has 20 aromatic carbocycles. The number of benzene rings is 20. The third-order valence-corrected chi connectivity index (χ3v) is 29.3. The molecule has 636 valence electrons. The van der Waals surface area contributed by atoms with Gasteiger partial charge in [-0.3, -0.25) is 13.2 Å². The predicted octanol–water partition coefficient (Wildman–Crippen LogP) is 32.4. The molecule has 14 nitrogen and oxygen atoms in total. The highest BCUT2D eigenvalue weighted by atomic mass is 16.3. The molecule has 14 heterocycles. The van der Waals surface area contributed by atoms with Crippen molar-refractivity contribution in [3.8, 4) is 44.8 Å². The van der Waals surface area contributed by atoms with Gasteiger partial charge in [0.1, 0.15) is 50.0 Å². The van der Waals surface area contributed by atoms with Crippen molar-refractivity contribution in [1.29, 1.82) is 0 Å². The predicted molar refractivity (Wildman–Crippen MR) is 567 cm³/mol. The first-order valence-electron chi connectivity index (χ1n) is 46.7. The summed E-state index contributed by atoms with van der Waals surface area (Å²) in [5, 5.41) is 24.2. The van der Waals surface area contributed by atoms with Gasteiger partial charge in [-0.25, -0.2) is 29.9 Å². The molecule has 0 atom stereocenters. The van der Waals surface area contributed by atoms with Gasteiger partial charge in [-0.2, -0.15) is 0 Å². The van der Waals surface area contributed by atoms with Gasteiger partial charge in [0, 0.05) is 97.6 Å². The zero-order valence-corrected chi connectivity index (χ0v) is 73.3. The van der Waals surface area contributed by atoms with Crippen molar-refractivity contribution < 1.29 is 13.3 Å². The zero-order chi connectivity index (χ0) is 89.5. The van der Waals surface area contributed by atoms with E-state index in [0.29, 0.717) is 0 Å². The van der Waals surface area contributed by atoms with Crippen LogP contribution in [0.2, 0.25) is 0 Å². The topological polar surface area (TPSA) is 140 Å². The molecule has 0 bridgehead atoms. The van der Waals surface area contributed by atoms with Crippen molar-refractivity contribution in [2.45, 2.75) is 0 Å². The molecule has 0 aliphatic rings. The molecule has 0 aliphatic heterocycles. The van der Waals surface area contributed by atoms with E-state index in [4.69, 9.17) is 43.2 Å². The van der Waals surface area contributed by atoms with Gasteiger partial charge in [-0.1, -0.05) is 224 Å². The molecule has 0 fully saturated rings. The minimum atomic E-state index is 0.862. The fourth-order valence-electron chi connectivity index (χ4n) is 23.3. The molecular weight excluding hydrogens is 1690 g/mol. The molecular formula is C124H67N11O3. The van der Waals surface area contributed by atoms with Gasteiger partial charge in [0.15, 0.2) is 16.9 Å². The number of aromatic nitrogens is 11. The van der Waals surface area contributed by atoms with Crippen LogP contribution in [0.15, 0.2) is 420 Å². The second-order valence-electron chi connectivity index (χ2n) is 36.6. The lowest BCUT2D eigenvalue weighted by Gasteiger charge is -2.09. The molecule has 34 aromatic rings. The van der Waals surface area contributed by atoms with Crippen LogP contribution in [0.5, 0.6) is 0 Å². The Labute approximate surface area is 779 Å². The standard InChI is InChI=1S/2C44H24N4O.C36H19N3O/c1-2-10-27(11-3-1)47-36-16-8-4-12-28(36)31-22-25(18-20-37(31)47)26-23-32-40-38(21-19-30-29-13-5-9-17-39(29)49-43(30)40)48-42(32)33(24-26)41-44(48)46-35-15-7-6-14-34(35)45-41;1-2-10-27(11-3-1)47-36-16-8-4-12-28(36)29-19-18-25(24-38(29)47)26-22-32-40-37(21-20-31-30-13-5-9-17-39(30)49-43(31)40)48-42(32)33(23-26)41-44(48)46-35-15-7-6-14-34(35)45-41;1-2-7-21-18-22(13-12-20(21)6-1)23-14-15-24-25-16-17-30-32(35(25)40-31(24)19-23)26-8-5-9-27-33-36(39(30)34(26)27)38-29-11-4-3-10-28(29)37-33/h2*1-24H;1-19H. The van der Waals surface area contributed by atoms with Crippen LogP contribution in [0.4, 0.5) is 0 Å². The second kappa shape index (κ2) is 27.4. The van der Waals surface area contributed by atoms with Crippen LogP contribution < -0.4 is 0 Å². The average Bonchev–Trinajstić information content (AvgIpc) is 1.55. The maximum absolute atomic E-state index is 6.71. The summed E-state index contributed by atoms with van der Waals surface area (Å²) in [5.74, 6) is 0. The van der Waals surface area contributed by atoms with Crippen LogP contribution in [-0.2, 0) is 0 Å². The Morgan fingerprint density at radius 1 is 0.174 bits per heavy atom. The van der Waals surface area contributed by atoms with E-state index >= 15 is 0 Å². The minimum Gasteiger partial charge on any atom is -0.455 e. The van der Waals surface area contributed by atoms with Crippen molar-refractivity contribution in [1.82, 2.24) is 52.2 Å². The summed E-state index contributed by atoms with van der Waals surface area (Å²) >= 11 is 0. The van der Waals surface area contributed by atoms with Gasteiger partial charge >= 0.3 is 0 Å². The SMILES string of the molecule is c1ccc(-n2c3ccccc3c3cc(-c4cc5c6nc7ccccc7nc6n6c7ccc8c9ccccc9oc8c7c(c4)c56)ccc32)cc1.c1ccc(-n2c3ccccc3c3ccc(-c4cc5c6nc7ccccc7nc6n6c7ccc8c9ccccc9oc8c7c(c4)c56)cc32)cc1.c1ccc2cc(-c3ccc4c(c3)oc3c4ccc4c3c3cccc5c6nc7ccccc7nc6n4c53)ccc2c1. The molecule has 0 saturated carbocycles. The average molecular weight is 1760 g/mol. The molecule has 0 radical (unpaired) electrons. The van der Waals surface area contributed by atoms with E-state index in [1.54, 1.807) is 0 Å². The van der Waals surface area contributed by atoms with Crippen molar-refractivity contribution in [2.24, 2.45) is 0 Å². The van der Waals surface area contributed by atoms with Crippen LogP contribution in [-0.4, -0.2) is 52.2 Å². The summed E-state index contributed by atoms with van der Waals surface area (Å²) in [7, 11) is 0. The molecule has 14 aromatic heterocycles. The Hall–Kier alpha value is -18.9. The van der Waals surface area contributed by atoms with Gasteiger partial charge < -0.3 is 22.4 Å². The summed E-state index contributed by atoms with van der Waals surface area (Å²) in [4.78, 5) is 31.0. The quantitative estimate of drug-likeness (QED) is 0.165. The minimum absolute atomic E-state index is 0.862. The molecule has 0 unspecified atom stereocenters. The molecule has 138 heavy (non-hydrogen) atoms. The number of hydrogen-bond donors (Lipinski definition) is 0. The highest BCUT2D eigenvalue weighted by molar-refractivity contribution is 6.34. The van der Waals surface area contributed by atoms with Gasteiger partial charge in [0.25, 0.3) is 0 Å². The Morgan fingerprint density at radius 3 is 1.05 bits per heavy atom. The van der Waals surface area contributed by atoms with E-state index in [2.05, 4.69) is 344 Å². The van der Waals surface area contributed by atoms with Crippen LogP contribution in [0.3, 0.4) is 0 Å². The maximum atomic E-state index is 6.71. The van der Waals surface area contributed by atoms with Crippen molar-refractivity contribution >= 4 is 268 Å². The Bertz CT molecular complexity index is 11300. The second-order valence-corrected chi connectivity index (χ2v) is 36.6. The van der Waals surface area contributed by atoms with Crippen molar-refractivity contribution in [3.63, 3.8) is 0 Å². The zero-order valence-electron chi connectivity index (χ0n) is 73.3. The van der Waals surface area contributed by atoms with Crippen LogP contribution in [0.25, 0.3) is 313 Å². The molecule has 14 heteroatoms. The normalized spacial score (nSPS) is 12.5. The number of furan rings is 3. The fraction of sp³-hybridized carbons (Fsp3) is 0. The van der Waals surface area contributed by atoms with E-state index < -0.39 is 0 Å². The van der Waals surface area contributed by atoms with Crippen molar-refractivity contribution in [3.05, 3.63) is 406 Å². The number of nitrogens with zero attached hydrogens (tertiary/aromatic N) is 11. The number of hydrogen-bond acceptors (Lipinski definition) is 9. The monoisotopic (exact) mass is 1760 g/mol. The molecule has 0 N–H and O–H groups in total. The molecule has 34 rings (SSSR count). The van der Waals surface area contributed by atoms with Crippen molar-refractivity contribution in [2.75, 3.05) is 0 Å². The lowest BCUT2D eigenvalue weighted by molar-refractivity contribution is 0.672. The lowest BCUT2D eigenvalue weighted by Crippen LogP contribution is -1.93. The van der Waals surface area contributed by atoms with E-state index in [-0.39, 0.29) is 0 Å². The number of rotatable bonds is 5. The third-order valence-electron chi connectivity index (χ3n) is 29.3. The van der Waals surface area contributed by atoms with Gasteiger partial charge in [-0.05, 0) is 226 Å². The van der Waals surface area contributed by atoms with E-state index in [1.165, 1.54) is 59.9 Å². The smallest absolute Gasteiger partial charge is 0.165 e. The Morgan fingerprint density at radius 2 is 0.507 bits per heavy atom. The lowest BCUT2D eigenvalue weighted by atomic mass is 9.98. The summed E-state index contributed by atoms with van der Waals surface area (Å²) in [6.07, 6.45) is 0. The first-order valence-corrected chi connectivity index (χ1v) is 46.7. The van der Waals surface area contributed by atoms with E-state index in [0.717, 1.165) is 253 Å². The Kier molecular flexibility index (Phi) is 14.6. The molecule has 0 amide bonds. The largest absolute Gasteiger partial charge is 0.455 e. The molecule has 0 spiro atoms. The fourth-order valence-corrected chi connectivity index (χ4v) is 23.3. The Balaban J connectivity index is 0.0000000947. The highest BCUT2D eigenvalue weighted by Crippen LogP contribution is 2.51. The molecule has 0 saturated heterocycles. The van der Waals surface area contributed by atoms with E-state index in [9.17, 15) is 0 Å². The highest BCUT2D eigenvalue weighted by Gasteiger charge is 2.30. The first-order chi connectivity index (χ1) is 68.4. The van der Waals surface area contributed by atoms with Crippen LogP contribution >= 0.6 is 0 Å². The van der Waals surface area contributed by atoms with Crippen LogP contribution in [0.1, 0.15) is 0 Å². The molecule has 0 aliphatic carbocycles. The first kappa shape index (κ1) is 73.7. The number of fused-ring (bicyclic) bond motifs is 40. The third kappa shape index (κ3) is 10.2. The maximum Gasteiger partial charge on any atom is 0.165 e. The summed E-state index contributed by atoms with van der Waals surface area (Å²) in [6.45, 7) is 0. The van der Waals surface area contributed by atoms with E-state index in [1.807, 2.05) is 84.9 Å². The summed E-state index contributed by atoms with van der Waals surface area (Å²) in [5.41, 5.74) is 36.7. The summed E-state index contributed by atoms with van der Waals surface area (Å²) < 4.78 is 31.6. The van der Waals surface area contributed by atoms with Crippen LogP contribution in [0, 0.1) is 0 Å². The summed E-state index contributed by atoms with van der Waals surface area (Å²) in [6, 6.07) is 144. The number of para-hydroxylation sites is 13.